The highest BCUT2D eigenvalue weighted by Crippen LogP contribution is 2.34. The first-order valence-electron chi connectivity index (χ1n) is 6.84. The van der Waals surface area contributed by atoms with Crippen LogP contribution in [0.4, 0.5) is 25.0 Å². The van der Waals surface area contributed by atoms with E-state index in [1.54, 1.807) is 24.3 Å². The lowest BCUT2D eigenvalue weighted by Crippen LogP contribution is -2.30. The second-order valence-electron chi connectivity index (χ2n) is 4.63. The molecular formula is C15H13Cl2F2N3O3. The summed E-state index contributed by atoms with van der Waals surface area (Å²) in [6, 6.07) is 6.67. The van der Waals surface area contributed by atoms with Gasteiger partial charge in [-0.2, -0.15) is 18.8 Å². The molecule has 0 aliphatic heterocycles. The number of methoxy groups -OCH3 is 1. The number of para-hydroxylation sites is 1. The average Bonchev–Trinajstić information content (AvgIpc) is 2.61. The summed E-state index contributed by atoms with van der Waals surface area (Å²) in [6.07, 6.45) is -0.744. The first-order valence-corrected chi connectivity index (χ1v) is 7.60. The van der Waals surface area contributed by atoms with Crippen molar-refractivity contribution in [2.75, 3.05) is 24.6 Å². The molecule has 1 aromatic heterocycles. The van der Waals surface area contributed by atoms with Crippen molar-refractivity contribution in [1.29, 1.82) is 0 Å². The van der Waals surface area contributed by atoms with E-state index in [2.05, 4.69) is 15.0 Å². The molecule has 10 heteroatoms. The molecule has 1 amide bonds. The molecule has 0 aliphatic rings. The van der Waals surface area contributed by atoms with Crippen LogP contribution in [0.1, 0.15) is 5.56 Å². The third-order valence-corrected chi connectivity index (χ3v) is 3.88. The van der Waals surface area contributed by atoms with Gasteiger partial charge in [0, 0.05) is 6.54 Å². The average molecular weight is 392 g/mol. The third kappa shape index (κ3) is 4.09. The second kappa shape index (κ2) is 8.28. The van der Waals surface area contributed by atoms with Crippen molar-refractivity contribution in [3.63, 3.8) is 0 Å². The Morgan fingerprint density at radius 1 is 1.20 bits per heavy atom. The maximum atomic E-state index is 13.5. The van der Waals surface area contributed by atoms with Gasteiger partial charge in [-0.3, -0.25) is 4.84 Å². The number of halogens is 4. The Morgan fingerprint density at radius 3 is 2.36 bits per heavy atom. The third-order valence-electron chi connectivity index (χ3n) is 3.19. The number of anilines is 2. The maximum absolute atomic E-state index is 13.5. The van der Waals surface area contributed by atoms with Gasteiger partial charge >= 0.3 is 6.09 Å². The molecule has 0 aliphatic carbocycles. The molecule has 2 rings (SSSR count). The lowest BCUT2D eigenvalue weighted by Gasteiger charge is -2.21. The molecule has 0 bridgehead atoms. The number of rotatable bonds is 5. The Bertz CT molecular complexity index is 767. The Kier molecular flexibility index (Phi) is 6.35. The Balaban J connectivity index is 2.33. The summed E-state index contributed by atoms with van der Waals surface area (Å²) in [6.45, 7) is 0.0371. The highest BCUT2D eigenvalue weighted by atomic mass is 35.5. The predicted octanol–water partition coefficient (Wildman–Crippen LogP) is 4.41. The summed E-state index contributed by atoms with van der Waals surface area (Å²) in [7, 11) is 2.50. The molecule has 0 unspecified atom stereocenters. The number of carbonyl (C=O) groups excluding carboxylic acids is 1. The Morgan fingerprint density at radius 2 is 1.80 bits per heavy atom. The highest BCUT2D eigenvalue weighted by Gasteiger charge is 2.21. The molecule has 0 saturated carbocycles. The van der Waals surface area contributed by atoms with Crippen LogP contribution >= 0.6 is 23.2 Å². The van der Waals surface area contributed by atoms with E-state index in [0.717, 1.165) is 5.06 Å². The van der Waals surface area contributed by atoms with Gasteiger partial charge in [0.1, 0.15) is 10.0 Å². The van der Waals surface area contributed by atoms with Crippen LogP contribution in [0.2, 0.25) is 10.0 Å². The van der Waals surface area contributed by atoms with Crippen LogP contribution in [0.25, 0.3) is 0 Å². The molecule has 6 nitrogen and oxygen atoms in total. The van der Waals surface area contributed by atoms with Gasteiger partial charge < -0.3 is 10.1 Å². The van der Waals surface area contributed by atoms with E-state index in [0.29, 0.717) is 11.3 Å². The second-order valence-corrected chi connectivity index (χ2v) is 5.38. The number of pyridine rings is 1. The van der Waals surface area contributed by atoms with Crippen molar-refractivity contribution in [2.45, 2.75) is 6.54 Å². The van der Waals surface area contributed by atoms with E-state index in [9.17, 15) is 13.6 Å². The number of ether oxygens (including phenoxy) is 1. The molecule has 0 radical (unpaired) electrons. The van der Waals surface area contributed by atoms with Crippen LogP contribution in [-0.2, 0) is 16.1 Å². The number of hydrogen-bond donors (Lipinski definition) is 1. The van der Waals surface area contributed by atoms with E-state index in [1.807, 2.05) is 0 Å². The number of hydroxylamine groups is 1. The summed E-state index contributed by atoms with van der Waals surface area (Å²) in [5, 5.41) is 2.77. The van der Waals surface area contributed by atoms with Crippen LogP contribution in [0.5, 0.6) is 0 Å². The fourth-order valence-corrected chi connectivity index (χ4v) is 2.49. The molecule has 25 heavy (non-hydrogen) atoms. The molecule has 0 atom stereocenters. The maximum Gasteiger partial charge on any atom is 0.438 e. The zero-order valence-electron chi connectivity index (χ0n) is 13.1. The van der Waals surface area contributed by atoms with Crippen LogP contribution in [0.3, 0.4) is 0 Å². The fourth-order valence-electron chi connectivity index (χ4n) is 2.04. The monoisotopic (exact) mass is 391 g/mol. The smallest absolute Gasteiger partial charge is 0.438 e. The minimum atomic E-state index is -1.19. The van der Waals surface area contributed by atoms with Crippen molar-refractivity contribution in [3.8, 4) is 0 Å². The molecule has 0 saturated heterocycles. The normalized spacial score (nSPS) is 10.5. The SMILES string of the molecule is COC(=O)N(OC)c1ccccc1CNc1c(Cl)c(F)nc(F)c1Cl. The minimum absolute atomic E-state index is 0.0371. The molecule has 1 aromatic carbocycles. The summed E-state index contributed by atoms with van der Waals surface area (Å²) in [5.41, 5.74) is 0.774. The highest BCUT2D eigenvalue weighted by molar-refractivity contribution is 6.39. The zero-order chi connectivity index (χ0) is 18.6. The van der Waals surface area contributed by atoms with Crippen molar-refractivity contribution >= 4 is 40.7 Å². The van der Waals surface area contributed by atoms with Crippen LogP contribution in [-0.4, -0.2) is 25.3 Å². The Hall–Kier alpha value is -2.16. The number of amides is 1. The molecular weight excluding hydrogens is 379 g/mol. The number of nitrogens with one attached hydrogen (secondary N) is 1. The molecule has 1 heterocycles. The number of nitrogens with zero attached hydrogens (tertiary/aromatic N) is 2. The van der Waals surface area contributed by atoms with Crippen LogP contribution in [0.15, 0.2) is 24.3 Å². The fraction of sp³-hybridized carbons (Fsp3) is 0.200. The van der Waals surface area contributed by atoms with Crippen LogP contribution in [0, 0.1) is 11.9 Å². The van der Waals surface area contributed by atoms with Crippen LogP contribution < -0.4 is 10.4 Å². The number of carbonyl (C=O) groups is 1. The minimum Gasteiger partial charge on any atom is -0.451 e. The van der Waals surface area contributed by atoms with Crippen molar-refractivity contribution in [1.82, 2.24) is 4.98 Å². The van der Waals surface area contributed by atoms with Gasteiger partial charge in [0.05, 0.1) is 25.6 Å². The lowest BCUT2D eigenvalue weighted by atomic mass is 10.1. The molecule has 0 spiro atoms. The molecule has 1 N–H and O–H groups in total. The van der Waals surface area contributed by atoms with Crippen molar-refractivity contribution < 1.29 is 23.1 Å². The van der Waals surface area contributed by atoms with Gasteiger partial charge in [-0.1, -0.05) is 41.4 Å². The number of hydrogen-bond acceptors (Lipinski definition) is 5. The number of aromatic nitrogens is 1. The van der Waals surface area contributed by atoms with E-state index >= 15 is 0 Å². The van der Waals surface area contributed by atoms with Crippen molar-refractivity contribution in [2.24, 2.45) is 0 Å². The van der Waals surface area contributed by atoms with E-state index < -0.39 is 28.0 Å². The van der Waals surface area contributed by atoms with E-state index in [-0.39, 0.29) is 12.2 Å². The molecule has 134 valence electrons. The quantitative estimate of drug-likeness (QED) is 0.603. The van der Waals surface area contributed by atoms with E-state index in [4.69, 9.17) is 28.0 Å². The zero-order valence-corrected chi connectivity index (χ0v) is 14.7. The predicted molar refractivity (Wildman–Crippen MR) is 89.8 cm³/mol. The first-order chi connectivity index (χ1) is 11.9. The van der Waals surface area contributed by atoms with E-state index in [1.165, 1.54) is 14.2 Å². The lowest BCUT2D eigenvalue weighted by molar-refractivity contribution is 0.115. The largest absolute Gasteiger partial charge is 0.451 e. The summed E-state index contributed by atoms with van der Waals surface area (Å²) >= 11 is 11.6. The van der Waals surface area contributed by atoms with Gasteiger partial charge in [-0.05, 0) is 11.6 Å². The first kappa shape index (κ1) is 19.2. The number of benzene rings is 1. The van der Waals surface area contributed by atoms with Gasteiger partial charge in [0.2, 0.25) is 11.9 Å². The van der Waals surface area contributed by atoms with Gasteiger partial charge in [0.25, 0.3) is 0 Å². The summed E-state index contributed by atoms with van der Waals surface area (Å²) in [4.78, 5) is 19.7. The molecule has 2 aromatic rings. The summed E-state index contributed by atoms with van der Waals surface area (Å²) in [5.74, 6) is -2.38. The molecule has 0 fully saturated rings. The Labute approximate surface area is 152 Å². The van der Waals surface area contributed by atoms with Gasteiger partial charge in [-0.15, -0.1) is 0 Å². The van der Waals surface area contributed by atoms with Gasteiger partial charge in [0.15, 0.2) is 0 Å². The summed E-state index contributed by atoms with van der Waals surface area (Å²) < 4.78 is 31.6. The van der Waals surface area contributed by atoms with Gasteiger partial charge in [-0.25, -0.2) is 4.79 Å². The standard InChI is InChI=1S/C15H13Cl2F2N3O3/c1-24-15(23)22(25-2)9-6-4-3-5-8(9)7-20-12-10(16)13(18)21-14(19)11(12)17/h3-6H,7H2,1-2H3,(H,20,21). The van der Waals surface area contributed by atoms with Crippen molar-refractivity contribution in [3.05, 3.63) is 51.8 Å². The topological polar surface area (TPSA) is 63.7 Å².